The summed E-state index contributed by atoms with van der Waals surface area (Å²) in [7, 11) is 0. The first-order valence-corrected chi connectivity index (χ1v) is 5.79. The summed E-state index contributed by atoms with van der Waals surface area (Å²) >= 11 is 0. The van der Waals surface area contributed by atoms with Crippen LogP contribution in [0.25, 0.3) is 11.4 Å². The van der Waals surface area contributed by atoms with Crippen molar-refractivity contribution in [1.82, 2.24) is 20.4 Å². The molecule has 6 nitrogen and oxygen atoms in total. The fraction of sp³-hybridized carbons (Fsp3) is 0.333. The van der Waals surface area contributed by atoms with E-state index in [9.17, 15) is 4.79 Å². The van der Waals surface area contributed by atoms with Crippen LogP contribution in [0.4, 0.5) is 0 Å². The highest BCUT2D eigenvalue weighted by Gasteiger charge is 2.10. The third-order valence-electron chi connectivity index (χ3n) is 2.33. The molecule has 0 saturated carbocycles. The highest BCUT2D eigenvalue weighted by atomic mass is 16.5. The van der Waals surface area contributed by atoms with Gasteiger partial charge in [-0.15, -0.1) is 0 Å². The van der Waals surface area contributed by atoms with E-state index in [-0.39, 0.29) is 5.91 Å². The molecule has 0 bridgehead atoms. The number of carbonyl (C=O) groups excluding carboxylic acids is 1. The molecule has 94 valence electrons. The van der Waals surface area contributed by atoms with Gasteiger partial charge in [0.2, 0.25) is 17.6 Å². The number of nitrogens with one attached hydrogen (secondary N) is 1. The van der Waals surface area contributed by atoms with Crippen LogP contribution in [0.1, 0.15) is 19.2 Å². The summed E-state index contributed by atoms with van der Waals surface area (Å²) in [6, 6.07) is 3.66. The zero-order chi connectivity index (χ0) is 12.8. The fourth-order valence-corrected chi connectivity index (χ4v) is 1.47. The van der Waals surface area contributed by atoms with Crippen LogP contribution in [0.15, 0.2) is 29.0 Å². The maximum atomic E-state index is 11.3. The standard InChI is InChI=1S/C12H14N4O2/c1-2-14-10(17)5-6-11-15-12(16-18-11)9-4-3-7-13-8-9/h3-4,7-8H,2,5-6H2,1H3,(H,14,17). The largest absolute Gasteiger partial charge is 0.356 e. The van der Waals surface area contributed by atoms with Crippen LogP contribution in [0.2, 0.25) is 0 Å². The number of aryl methyl sites for hydroxylation is 1. The fourth-order valence-electron chi connectivity index (χ4n) is 1.47. The lowest BCUT2D eigenvalue weighted by Crippen LogP contribution is -2.22. The molecule has 0 atom stereocenters. The third kappa shape index (κ3) is 3.13. The molecule has 1 N–H and O–H groups in total. The summed E-state index contributed by atoms with van der Waals surface area (Å²) in [5.74, 6) is 0.938. The zero-order valence-electron chi connectivity index (χ0n) is 10.1. The van der Waals surface area contributed by atoms with Crippen LogP contribution in [0.5, 0.6) is 0 Å². The molecule has 0 radical (unpaired) electrons. The van der Waals surface area contributed by atoms with Gasteiger partial charge in [0.1, 0.15) is 0 Å². The van der Waals surface area contributed by atoms with Crippen molar-refractivity contribution < 1.29 is 9.32 Å². The molecular weight excluding hydrogens is 232 g/mol. The number of amides is 1. The molecule has 0 aliphatic carbocycles. The minimum atomic E-state index is -0.0152. The molecule has 0 unspecified atom stereocenters. The average molecular weight is 246 g/mol. The Morgan fingerprint density at radius 1 is 1.50 bits per heavy atom. The minimum absolute atomic E-state index is 0.0152. The summed E-state index contributed by atoms with van der Waals surface area (Å²) in [5.41, 5.74) is 0.797. The van der Waals surface area contributed by atoms with Gasteiger partial charge in [-0.3, -0.25) is 9.78 Å². The predicted octanol–water partition coefficient (Wildman–Crippen LogP) is 1.20. The quantitative estimate of drug-likeness (QED) is 0.857. The van der Waals surface area contributed by atoms with Crippen LogP contribution >= 0.6 is 0 Å². The molecule has 1 amide bonds. The number of carbonyl (C=O) groups is 1. The Kier molecular flexibility index (Phi) is 4.01. The van der Waals surface area contributed by atoms with Crippen molar-refractivity contribution in [2.75, 3.05) is 6.54 Å². The molecule has 0 aliphatic heterocycles. The van der Waals surface area contributed by atoms with E-state index in [0.29, 0.717) is 31.1 Å². The van der Waals surface area contributed by atoms with Gasteiger partial charge in [0.25, 0.3) is 0 Å². The second kappa shape index (κ2) is 5.90. The molecule has 0 aliphatic rings. The molecule has 18 heavy (non-hydrogen) atoms. The van der Waals surface area contributed by atoms with Gasteiger partial charge in [0, 0.05) is 37.3 Å². The van der Waals surface area contributed by atoms with Crippen molar-refractivity contribution >= 4 is 5.91 Å². The smallest absolute Gasteiger partial charge is 0.227 e. The van der Waals surface area contributed by atoms with Crippen LogP contribution in [0.3, 0.4) is 0 Å². The molecule has 2 aromatic rings. The lowest BCUT2D eigenvalue weighted by Gasteiger charge is -1.98. The van der Waals surface area contributed by atoms with Gasteiger partial charge in [-0.2, -0.15) is 4.98 Å². The van der Waals surface area contributed by atoms with E-state index >= 15 is 0 Å². The summed E-state index contributed by atoms with van der Waals surface area (Å²) in [5, 5.41) is 6.57. The number of aromatic nitrogens is 3. The first-order chi connectivity index (χ1) is 8.79. The topological polar surface area (TPSA) is 80.9 Å². The molecule has 6 heteroatoms. The second-order valence-electron chi connectivity index (χ2n) is 3.71. The van der Waals surface area contributed by atoms with Crippen molar-refractivity contribution in [3.63, 3.8) is 0 Å². The summed E-state index contributed by atoms with van der Waals surface area (Å²) in [6.07, 6.45) is 4.14. The maximum absolute atomic E-state index is 11.3. The molecule has 0 aromatic carbocycles. The molecular formula is C12H14N4O2. The zero-order valence-corrected chi connectivity index (χ0v) is 10.1. The third-order valence-corrected chi connectivity index (χ3v) is 2.33. The SMILES string of the molecule is CCNC(=O)CCc1nc(-c2cccnc2)no1. The van der Waals surface area contributed by atoms with Crippen LogP contribution < -0.4 is 5.32 Å². The lowest BCUT2D eigenvalue weighted by atomic mass is 10.2. The van der Waals surface area contributed by atoms with E-state index in [0.717, 1.165) is 5.56 Å². The van der Waals surface area contributed by atoms with Crippen molar-refractivity contribution in [2.24, 2.45) is 0 Å². The average Bonchev–Trinajstić information content (AvgIpc) is 2.87. The van der Waals surface area contributed by atoms with Crippen LogP contribution in [0, 0.1) is 0 Å². The first kappa shape index (κ1) is 12.2. The van der Waals surface area contributed by atoms with Crippen molar-refractivity contribution in [3.05, 3.63) is 30.4 Å². The number of hydrogen-bond donors (Lipinski definition) is 1. The lowest BCUT2D eigenvalue weighted by molar-refractivity contribution is -0.121. The first-order valence-electron chi connectivity index (χ1n) is 5.79. The normalized spacial score (nSPS) is 10.3. The molecule has 0 fully saturated rings. The van der Waals surface area contributed by atoms with Crippen molar-refractivity contribution in [2.45, 2.75) is 19.8 Å². The molecule has 0 spiro atoms. The molecule has 2 rings (SSSR count). The molecule has 2 aromatic heterocycles. The van der Waals surface area contributed by atoms with Gasteiger partial charge in [0.15, 0.2) is 0 Å². The van der Waals surface area contributed by atoms with Gasteiger partial charge in [-0.1, -0.05) is 5.16 Å². The Labute approximate surface area is 104 Å². The predicted molar refractivity (Wildman–Crippen MR) is 64.5 cm³/mol. The van der Waals surface area contributed by atoms with E-state index in [1.54, 1.807) is 18.5 Å². The number of hydrogen-bond acceptors (Lipinski definition) is 5. The monoisotopic (exact) mass is 246 g/mol. The Hall–Kier alpha value is -2.24. The highest BCUT2D eigenvalue weighted by Crippen LogP contribution is 2.14. The van der Waals surface area contributed by atoms with Gasteiger partial charge < -0.3 is 9.84 Å². The maximum Gasteiger partial charge on any atom is 0.227 e. The Morgan fingerprint density at radius 3 is 3.11 bits per heavy atom. The van der Waals surface area contributed by atoms with E-state index in [4.69, 9.17) is 4.52 Å². The van der Waals surface area contributed by atoms with Crippen molar-refractivity contribution in [3.8, 4) is 11.4 Å². The van der Waals surface area contributed by atoms with Gasteiger partial charge in [-0.05, 0) is 19.1 Å². The Balaban J connectivity index is 1.97. The molecule has 2 heterocycles. The van der Waals surface area contributed by atoms with E-state index in [1.165, 1.54) is 0 Å². The van der Waals surface area contributed by atoms with Crippen molar-refractivity contribution in [1.29, 1.82) is 0 Å². The van der Waals surface area contributed by atoms with Crippen LogP contribution in [-0.2, 0) is 11.2 Å². The van der Waals surface area contributed by atoms with E-state index < -0.39 is 0 Å². The van der Waals surface area contributed by atoms with Crippen LogP contribution in [-0.4, -0.2) is 27.6 Å². The summed E-state index contributed by atoms with van der Waals surface area (Å²) in [4.78, 5) is 19.5. The highest BCUT2D eigenvalue weighted by molar-refractivity contribution is 5.75. The van der Waals surface area contributed by atoms with E-state index in [2.05, 4.69) is 20.4 Å². The summed E-state index contributed by atoms with van der Waals surface area (Å²) < 4.78 is 5.08. The number of nitrogens with zero attached hydrogens (tertiary/aromatic N) is 3. The van der Waals surface area contributed by atoms with E-state index in [1.807, 2.05) is 13.0 Å². The number of pyridine rings is 1. The minimum Gasteiger partial charge on any atom is -0.356 e. The van der Waals surface area contributed by atoms with Gasteiger partial charge >= 0.3 is 0 Å². The number of rotatable bonds is 5. The Bertz CT molecular complexity index is 510. The Morgan fingerprint density at radius 2 is 2.39 bits per heavy atom. The summed E-state index contributed by atoms with van der Waals surface area (Å²) in [6.45, 7) is 2.51. The van der Waals surface area contributed by atoms with Gasteiger partial charge in [-0.25, -0.2) is 0 Å². The van der Waals surface area contributed by atoms with Gasteiger partial charge in [0.05, 0.1) is 0 Å². The second-order valence-corrected chi connectivity index (χ2v) is 3.71. The molecule has 0 saturated heterocycles.